The molecule has 1 fully saturated rings. The van der Waals surface area contributed by atoms with Gasteiger partial charge in [-0.2, -0.15) is 0 Å². The van der Waals surface area contributed by atoms with Gasteiger partial charge < -0.3 is 14.6 Å². The number of aromatic amines is 1. The Kier molecular flexibility index (Phi) is 4.38. The Labute approximate surface area is 114 Å². The van der Waals surface area contributed by atoms with Crippen molar-refractivity contribution in [1.29, 1.82) is 0 Å². The number of hydrogen-bond donors (Lipinski definition) is 1. The highest BCUT2D eigenvalue weighted by atomic mass is 127. The third-order valence-corrected chi connectivity index (χ3v) is 3.88. The molecule has 0 radical (unpaired) electrons. The average Bonchev–Trinajstić information content (AvgIpc) is 2.83. The number of ether oxygens (including phenoxy) is 1. The molecule has 1 atom stereocenters. The summed E-state index contributed by atoms with van der Waals surface area (Å²) in [6, 6.07) is 0. The molecule has 0 saturated carbocycles. The first-order chi connectivity index (χ1) is 8.22. The van der Waals surface area contributed by atoms with Gasteiger partial charge in [-0.15, -0.1) is 0 Å². The van der Waals surface area contributed by atoms with Crippen molar-refractivity contribution in [3.05, 3.63) is 20.3 Å². The molecule has 1 N–H and O–H groups in total. The van der Waals surface area contributed by atoms with E-state index in [1.165, 1.54) is 6.33 Å². The minimum atomic E-state index is -0.0820. The number of likely N-dealkylation sites (N-methyl/N-ethyl adjacent to an activating group) is 1. The number of nitrogens with one attached hydrogen (secondary N) is 1. The van der Waals surface area contributed by atoms with Gasteiger partial charge >= 0.3 is 0 Å². The van der Waals surface area contributed by atoms with Gasteiger partial charge in [0.15, 0.2) is 0 Å². The van der Waals surface area contributed by atoms with E-state index < -0.39 is 0 Å². The lowest BCUT2D eigenvalue weighted by Gasteiger charge is -2.25. The lowest BCUT2D eigenvalue weighted by molar-refractivity contribution is 0.115. The zero-order valence-electron chi connectivity index (χ0n) is 9.78. The van der Waals surface area contributed by atoms with E-state index in [0.29, 0.717) is 3.57 Å². The maximum atomic E-state index is 11.5. The van der Waals surface area contributed by atoms with Crippen LogP contribution in [-0.2, 0) is 4.74 Å². The Balaban J connectivity index is 2.16. The van der Waals surface area contributed by atoms with Gasteiger partial charge in [0.2, 0.25) is 0 Å². The Morgan fingerprint density at radius 1 is 1.71 bits per heavy atom. The summed E-state index contributed by atoms with van der Waals surface area (Å²) in [5, 5.41) is 0. The SMILES string of the molecule is CCN(CC1CCCO1)c1nc[nH]c(=O)c1I. The second-order valence-electron chi connectivity index (χ2n) is 4.04. The molecule has 0 amide bonds. The maximum absolute atomic E-state index is 11.5. The average molecular weight is 349 g/mol. The van der Waals surface area contributed by atoms with E-state index in [0.717, 1.165) is 38.4 Å². The fraction of sp³-hybridized carbons (Fsp3) is 0.636. The third kappa shape index (κ3) is 2.98. The molecular weight excluding hydrogens is 333 g/mol. The van der Waals surface area contributed by atoms with Gasteiger partial charge in [-0.05, 0) is 42.4 Å². The summed E-state index contributed by atoms with van der Waals surface area (Å²) in [6.07, 6.45) is 3.95. The zero-order valence-corrected chi connectivity index (χ0v) is 11.9. The molecule has 1 aromatic rings. The standard InChI is InChI=1S/C11H16IN3O2/c1-2-15(6-8-4-3-5-17-8)10-9(12)11(16)14-7-13-10/h7-8H,2-6H2,1H3,(H,13,14,16). The smallest absolute Gasteiger partial charge is 0.266 e. The fourth-order valence-corrected chi connectivity index (χ4v) is 2.63. The van der Waals surface area contributed by atoms with E-state index in [2.05, 4.69) is 21.8 Å². The van der Waals surface area contributed by atoms with Crippen LogP contribution >= 0.6 is 22.6 Å². The minimum Gasteiger partial charge on any atom is -0.376 e. The summed E-state index contributed by atoms with van der Waals surface area (Å²) < 4.78 is 6.26. The molecule has 1 saturated heterocycles. The van der Waals surface area contributed by atoms with Crippen molar-refractivity contribution in [1.82, 2.24) is 9.97 Å². The summed E-state index contributed by atoms with van der Waals surface area (Å²) in [5.41, 5.74) is -0.0820. The van der Waals surface area contributed by atoms with E-state index in [1.54, 1.807) is 0 Å². The number of aromatic nitrogens is 2. The third-order valence-electron chi connectivity index (χ3n) is 2.91. The molecule has 0 aliphatic carbocycles. The Morgan fingerprint density at radius 2 is 2.53 bits per heavy atom. The largest absolute Gasteiger partial charge is 0.376 e. The second kappa shape index (κ2) is 5.81. The van der Waals surface area contributed by atoms with Crippen LogP contribution < -0.4 is 10.5 Å². The first kappa shape index (κ1) is 12.8. The lowest BCUT2D eigenvalue weighted by atomic mass is 10.2. The van der Waals surface area contributed by atoms with Crippen LogP contribution in [0, 0.1) is 3.57 Å². The monoisotopic (exact) mass is 349 g/mol. The molecule has 2 heterocycles. The van der Waals surface area contributed by atoms with Crippen LogP contribution in [0.2, 0.25) is 0 Å². The minimum absolute atomic E-state index is 0.0820. The topological polar surface area (TPSA) is 58.2 Å². The molecule has 2 rings (SSSR count). The van der Waals surface area contributed by atoms with Crippen LogP contribution in [0.3, 0.4) is 0 Å². The highest BCUT2D eigenvalue weighted by Crippen LogP contribution is 2.19. The van der Waals surface area contributed by atoms with Crippen molar-refractivity contribution >= 4 is 28.4 Å². The first-order valence-corrected chi connectivity index (χ1v) is 6.90. The lowest BCUT2D eigenvalue weighted by Crippen LogP contribution is -2.34. The van der Waals surface area contributed by atoms with Gasteiger partial charge in [-0.25, -0.2) is 4.98 Å². The van der Waals surface area contributed by atoms with Crippen molar-refractivity contribution in [3.63, 3.8) is 0 Å². The quantitative estimate of drug-likeness (QED) is 0.835. The Hall–Kier alpha value is -0.630. The van der Waals surface area contributed by atoms with Crippen LogP contribution in [0.15, 0.2) is 11.1 Å². The Bertz CT molecular complexity index is 429. The number of anilines is 1. The van der Waals surface area contributed by atoms with Crippen LogP contribution in [0.25, 0.3) is 0 Å². The van der Waals surface area contributed by atoms with E-state index in [9.17, 15) is 4.79 Å². The Morgan fingerprint density at radius 3 is 3.18 bits per heavy atom. The molecule has 5 nitrogen and oxygen atoms in total. The first-order valence-electron chi connectivity index (χ1n) is 5.82. The highest BCUT2D eigenvalue weighted by molar-refractivity contribution is 14.1. The summed E-state index contributed by atoms with van der Waals surface area (Å²) in [4.78, 5) is 20.5. The number of H-pyrrole nitrogens is 1. The van der Waals surface area contributed by atoms with E-state index >= 15 is 0 Å². The van der Waals surface area contributed by atoms with E-state index in [4.69, 9.17) is 4.74 Å². The summed E-state index contributed by atoms with van der Waals surface area (Å²) in [6.45, 7) is 4.55. The predicted molar refractivity (Wildman–Crippen MR) is 74.4 cm³/mol. The molecule has 0 spiro atoms. The number of nitrogens with zero attached hydrogens (tertiary/aromatic N) is 2. The highest BCUT2D eigenvalue weighted by Gasteiger charge is 2.21. The van der Waals surface area contributed by atoms with Gasteiger partial charge in [0.05, 0.1) is 12.4 Å². The van der Waals surface area contributed by atoms with Crippen molar-refractivity contribution in [2.75, 3.05) is 24.6 Å². The summed E-state index contributed by atoms with van der Waals surface area (Å²) in [7, 11) is 0. The summed E-state index contributed by atoms with van der Waals surface area (Å²) in [5.74, 6) is 0.757. The van der Waals surface area contributed by atoms with E-state index in [1.807, 2.05) is 22.6 Å². The number of hydrogen-bond acceptors (Lipinski definition) is 4. The van der Waals surface area contributed by atoms with Crippen molar-refractivity contribution in [3.8, 4) is 0 Å². The maximum Gasteiger partial charge on any atom is 0.266 e. The van der Waals surface area contributed by atoms with Gasteiger partial charge in [-0.3, -0.25) is 4.79 Å². The van der Waals surface area contributed by atoms with Crippen LogP contribution in [0.5, 0.6) is 0 Å². The molecule has 1 unspecified atom stereocenters. The molecule has 1 aliphatic rings. The molecule has 1 aromatic heterocycles. The van der Waals surface area contributed by atoms with Crippen molar-refractivity contribution < 1.29 is 4.74 Å². The molecule has 0 aromatic carbocycles. The van der Waals surface area contributed by atoms with Crippen molar-refractivity contribution in [2.24, 2.45) is 0 Å². The van der Waals surface area contributed by atoms with Crippen LogP contribution in [0.1, 0.15) is 19.8 Å². The molecule has 94 valence electrons. The number of rotatable bonds is 4. The van der Waals surface area contributed by atoms with Gasteiger partial charge in [0.25, 0.3) is 5.56 Å². The van der Waals surface area contributed by atoms with Crippen LogP contribution in [0.4, 0.5) is 5.82 Å². The second-order valence-corrected chi connectivity index (χ2v) is 5.12. The van der Waals surface area contributed by atoms with Gasteiger partial charge in [0.1, 0.15) is 9.39 Å². The molecule has 17 heavy (non-hydrogen) atoms. The molecule has 1 aliphatic heterocycles. The van der Waals surface area contributed by atoms with Crippen LogP contribution in [-0.4, -0.2) is 35.8 Å². The fourth-order valence-electron chi connectivity index (χ4n) is 1.99. The number of halogens is 1. The van der Waals surface area contributed by atoms with Crippen molar-refractivity contribution in [2.45, 2.75) is 25.9 Å². The van der Waals surface area contributed by atoms with Gasteiger partial charge in [0, 0.05) is 19.7 Å². The molecular formula is C11H16IN3O2. The summed E-state index contributed by atoms with van der Waals surface area (Å²) >= 11 is 2.04. The predicted octanol–water partition coefficient (Wildman–Crippen LogP) is 1.38. The molecule has 6 heteroatoms. The zero-order chi connectivity index (χ0) is 12.3. The molecule has 0 bridgehead atoms. The normalized spacial score (nSPS) is 19.5. The van der Waals surface area contributed by atoms with Gasteiger partial charge in [-0.1, -0.05) is 0 Å². The van der Waals surface area contributed by atoms with E-state index in [-0.39, 0.29) is 11.7 Å².